The fourth-order valence-electron chi connectivity index (χ4n) is 2.79. The highest BCUT2D eigenvalue weighted by Crippen LogP contribution is 2.47. The summed E-state index contributed by atoms with van der Waals surface area (Å²) < 4.78 is 5.73. The van der Waals surface area contributed by atoms with Crippen molar-refractivity contribution in [1.82, 2.24) is 0 Å². The third kappa shape index (κ3) is 2.58. The molecule has 0 radical (unpaired) electrons. The van der Waals surface area contributed by atoms with Crippen molar-refractivity contribution in [2.24, 2.45) is 0 Å². The minimum Gasteiger partial charge on any atom is -0.478 e. The van der Waals surface area contributed by atoms with E-state index in [1.165, 1.54) is 6.07 Å². The van der Waals surface area contributed by atoms with Gasteiger partial charge in [0.25, 0.3) is 5.69 Å². The summed E-state index contributed by atoms with van der Waals surface area (Å²) in [5.41, 5.74) is 0.0332. The van der Waals surface area contributed by atoms with Crippen molar-refractivity contribution >= 4 is 57.0 Å². The number of non-ortho nitro benzene ring substituents is 1. The van der Waals surface area contributed by atoms with Crippen molar-refractivity contribution in [2.75, 3.05) is 5.32 Å². The molecule has 0 bridgehead atoms. The predicted molar refractivity (Wildman–Crippen MR) is 97.4 cm³/mol. The van der Waals surface area contributed by atoms with Gasteiger partial charge in [0.15, 0.2) is 11.5 Å². The van der Waals surface area contributed by atoms with Gasteiger partial charge in [-0.05, 0) is 35.0 Å². The lowest BCUT2D eigenvalue weighted by atomic mass is 10.1. The first-order chi connectivity index (χ1) is 12.3. The Morgan fingerprint density at radius 1 is 1.04 bits per heavy atom. The van der Waals surface area contributed by atoms with E-state index < -0.39 is 10.9 Å². The van der Waals surface area contributed by atoms with Crippen LogP contribution in [0.1, 0.15) is 10.4 Å². The van der Waals surface area contributed by atoms with E-state index >= 15 is 0 Å². The Morgan fingerprint density at radius 2 is 1.69 bits per heavy atom. The fourth-order valence-corrected chi connectivity index (χ4v) is 3.14. The van der Waals surface area contributed by atoms with Gasteiger partial charge < -0.3 is 15.2 Å². The van der Waals surface area contributed by atoms with Gasteiger partial charge in [-0.3, -0.25) is 10.1 Å². The van der Waals surface area contributed by atoms with Crippen LogP contribution in [0.5, 0.6) is 11.5 Å². The van der Waals surface area contributed by atoms with Gasteiger partial charge >= 0.3 is 5.97 Å². The molecule has 4 rings (SSSR count). The Morgan fingerprint density at radius 3 is 2.31 bits per heavy atom. The summed E-state index contributed by atoms with van der Waals surface area (Å²) in [6.07, 6.45) is 0. The van der Waals surface area contributed by atoms with Gasteiger partial charge in [-0.2, -0.15) is 0 Å². The van der Waals surface area contributed by atoms with E-state index in [2.05, 4.69) is 5.32 Å². The summed E-state index contributed by atoms with van der Waals surface area (Å²) in [5, 5.41) is 25.7. The van der Waals surface area contributed by atoms with Crippen LogP contribution in [-0.4, -0.2) is 16.0 Å². The number of anilines is 2. The number of aromatic carboxylic acids is 1. The Bertz CT molecular complexity index is 1130. The maximum Gasteiger partial charge on any atom is 0.338 e. The van der Waals surface area contributed by atoms with Crippen LogP contribution in [0.15, 0.2) is 36.4 Å². The summed E-state index contributed by atoms with van der Waals surface area (Å²) in [6.45, 7) is 0. The summed E-state index contributed by atoms with van der Waals surface area (Å²) in [6, 6.07) is 8.96. The molecule has 0 atom stereocenters. The number of carbonyl (C=O) groups is 1. The fraction of sp³-hybridized carbons (Fsp3) is 0. The van der Waals surface area contributed by atoms with E-state index in [-0.39, 0.29) is 22.7 Å². The molecule has 1 aliphatic heterocycles. The largest absolute Gasteiger partial charge is 0.478 e. The number of nitro groups is 1. The van der Waals surface area contributed by atoms with E-state index in [4.69, 9.17) is 27.9 Å². The molecule has 3 aromatic carbocycles. The van der Waals surface area contributed by atoms with Gasteiger partial charge in [-0.15, -0.1) is 0 Å². The molecular weight excluding hydrogens is 383 g/mol. The molecule has 130 valence electrons. The number of carboxylic acid groups (broad SMARTS) is 1. The molecule has 1 heterocycles. The number of hydrogen-bond acceptors (Lipinski definition) is 5. The molecule has 0 aliphatic carbocycles. The molecule has 9 heteroatoms. The molecule has 0 spiro atoms. The topological polar surface area (TPSA) is 102 Å². The zero-order chi connectivity index (χ0) is 18.6. The molecule has 1 aliphatic rings. The number of carboxylic acids is 1. The van der Waals surface area contributed by atoms with Crippen molar-refractivity contribution in [1.29, 1.82) is 0 Å². The van der Waals surface area contributed by atoms with Gasteiger partial charge in [0, 0.05) is 6.07 Å². The molecular formula is C17H8Cl2N2O5. The standard InChI is InChI=1S/C17H8Cl2N2O5/c18-11-1-7-3-13-14(4-8(7)2-12(11)19)26-15-6-9(21(24)25)5-10(17(22)23)16(15)20-13/h1-6,20H,(H,22,23). The first kappa shape index (κ1) is 16.4. The molecule has 2 N–H and O–H groups in total. The molecule has 0 fully saturated rings. The van der Waals surface area contributed by atoms with Gasteiger partial charge in [-0.1, -0.05) is 23.2 Å². The highest BCUT2D eigenvalue weighted by molar-refractivity contribution is 6.42. The number of rotatable bonds is 2. The number of nitro benzene ring substituents is 1. The van der Waals surface area contributed by atoms with Crippen molar-refractivity contribution in [3.05, 3.63) is 62.1 Å². The van der Waals surface area contributed by atoms with Gasteiger partial charge in [-0.25, -0.2) is 4.79 Å². The summed E-state index contributed by atoms with van der Waals surface area (Å²) in [7, 11) is 0. The summed E-state index contributed by atoms with van der Waals surface area (Å²) in [5.74, 6) is -0.858. The second-order valence-corrected chi connectivity index (χ2v) is 6.43. The SMILES string of the molecule is O=C(O)c1cc([N+](=O)[O-])cc2c1Nc1cc3cc(Cl)c(Cl)cc3cc1O2. The van der Waals surface area contributed by atoms with Crippen LogP contribution in [-0.2, 0) is 0 Å². The molecule has 0 saturated carbocycles. The van der Waals surface area contributed by atoms with E-state index in [1.54, 1.807) is 24.3 Å². The Balaban J connectivity index is 1.90. The zero-order valence-electron chi connectivity index (χ0n) is 12.7. The van der Waals surface area contributed by atoms with Crippen molar-refractivity contribution < 1.29 is 19.6 Å². The lowest BCUT2D eigenvalue weighted by Gasteiger charge is -2.23. The van der Waals surface area contributed by atoms with Gasteiger partial charge in [0.1, 0.15) is 0 Å². The maximum atomic E-state index is 11.5. The monoisotopic (exact) mass is 390 g/mol. The average molecular weight is 391 g/mol. The van der Waals surface area contributed by atoms with Gasteiger partial charge in [0.05, 0.1) is 38.0 Å². The molecule has 0 aromatic heterocycles. The minimum absolute atomic E-state index is 0.0588. The Hall–Kier alpha value is -3.03. The minimum atomic E-state index is -1.31. The highest BCUT2D eigenvalue weighted by Gasteiger charge is 2.27. The zero-order valence-corrected chi connectivity index (χ0v) is 14.3. The Kier molecular flexibility index (Phi) is 3.64. The average Bonchev–Trinajstić information content (AvgIpc) is 2.58. The second kappa shape index (κ2) is 5.76. The highest BCUT2D eigenvalue weighted by atomic mass is 35.5. The summed E-state index contributed by atoms with van der Waals surface area (Å²) in [4.78, 5) is 21.9. The third-order valence-corrected chi connectivity index (χ3v) is 4.71. The maximum absolute atomic E-state index is 11.5. The first-order valence-electron chi connectivity index (χ1n) is 7.27. The Labute approximate surface area is 155 Å². The molecule has 26 heavy (non-hydrogen) atoms. The normalized spacial score (nSPS) is 11.9. The molecule has 0 saturated heterocycles. The van der Waals surface area contributed by atoms with Crippen LogP contribution in [0, 0.1) is 10.1 Å². The number of benzene rings is 3. The number of fused-ring (bicyclic) bond motifs is 3. The van der Waals surface area contributed by atoms with Crippen LogP contribution >= 0.6 is 23.2 Å². The molecule has 7 nitrogen and oxygen atoms in total. The van der Waals surface area contributed by atoms with E-state index in [1.807, 2.05) is 0 Å². The number of nitrogens with zero attached hydrogens (tertiary/aromatic N) is 1. The van der Waals surface area contributed by atoms with Crippen LogP contribution in [0.4, 0.5) is 17.1 Å². The smallest absolute Gasteiger partial charge is 0.338 e. The molecule has 0 unspecified atom stereocenters. The second-order valence-electron chi connectivity index (χ2n) is 5.62. The molecule has 3 aromatic rings. The molecule has 0 amide bonds. The lowest BCUT2D eigenvalue weighted by molar-refractivity contribution is -0.384. The third-order valence-electron chi connectivity index (χ3n) is 3.99. The van der Waals surface area contributed by atoms with Crippen molar-refractivity contribution in [3.63, 3.8) is 0 Å². The lowest BCUT2D eigenvalue weighted by Crippen LogP contribution is -2.10. The number of ether oxygens (including phenoxy) is 1. The van der Waals surface area contributed by atoms with E-state index in [9.17, 15) is 20.0 Å². The predicted octanol–water partition coefficient (Wildman–Crippen LogP) is 5.60. The van der Waals surface area contributed by atoms with Crippen LogP contribution in [0.3, 0.4) is 0 Å². The quantitative estimate of drug-likeness (QED) is 0.341. The van der Waals surface area contributed by atoms with Crippen LogP contribution in [0.25, 0.3) is 10.8 Å². The van der Waals surface area contributed by atoms with Crippen LogP contribution in [0.2, 0.25) is 10.0 Å². The van der Waals surface area contributed by atoms with E-state index in [0.717, 1.165) is 16.8 Å². The van der Waals surface area contributed by atoms with Gasteiger partial charge in [0.2, 0.25) is 0 Å². The number of hydrogen-bond donors (Lipinski definition) is 2. The first-order valence-corrected chi connectivity index (χ1v) is 8.02. The number of nitrogens with one attached hydrogen (secondary N) is 1. The van der Waals surface area contributed by atoms with Crippen LogP contribution < -0.4 is 10.1 Å². The number of halogens is 2. The van der Waals surface area contributed by atoms with E-state index in [0.29, 0.717) is 21.5 Å². The van der Waals surface area contributed by atoms with Crippen molar-refractivity contribution in [3.8, 4) is 11.5 Å². The summed E-state index contributed by atoms with van der Waals surface area (Å²) >= 11 is 12.1. The van der Waals surface area contributed by atoms with Crippen molar-refractivity contribution in [2.45, 2.75) is 0 Å².